The quantitative estimate of drug-likeness (QED) is 0.0285. The molecule has 1 fully saturated rings. The van der Waals surface area contributed by atoms with Crippen LogP contribution in [0.2, 0.25) is 0 Å². The van der Waals surface area contributed by atoms with E-state index < -0.39 is 60.8 Å². The van der Waals surface area contributed by atoms with Crippen LogP contribution in [-0.2, 0) is 28.8 Å². The van der Waals surface area contributed by atoms with Crippen molar-refractivity contribution in [2.45, 2.75) is 44.7 Å². The summed E-state index contributed by atoms with van der Waals surface area (Å²) in [5, 5.41) is 54.0. The molecule has 1 aliphatic heterocycles. The van der Waals surface area contributed by atoms with Crippen molar-refractivity contribution >= 4 is 42.7 Å². The Bertz CT molecular complexity index is 1010. The third kappa shape index (κ3) is 15.9. The number of nitrogens with one attached hydrogen (secondary N) is 3. The minimum Gasteiger partial charge on any atom is -0.480 e. The molecule has 3 amide bonds. The van der Waals surface area contributed by atoms with Crippen LogP contribution in [0.1, 0.15) is 26.7 Å². The van der Waals surface area contributed by atoms with Gasteiger partial charge in [0.05, 0.1) is 32.1 Å². The van der Waals surface area contributed by atoms with Gasteiger partial charge in [-0.15, -0.1) is 0 Å². The lowest BCUT2D eigenvalue weighted by atomic mass is 9.78. The Hall–Kier alpha value is -3.40. The van der Waals surface area contributed by atoms with Crippen LogP contribution in [0.25, 0.3) is 0 Å². The van der Waals surface area contributed by atoms with E-state index in [0.717, 1.165) is 0 Å². The van der Waals surface area contributed by atoms with Gasteiger partial charge in [-0.1, -0.05) is 0 Å². The lowest BCUT2D eigenvalue weighted by molar-refractivity contribution is -0.140. The summed E-state index contributed by atoms with van der Waals surface area (Å²) < 4.78 is 0. The van der Waals surface area contributed by atoms with Gasteiger partial charge in [-0.25, -0.2) is 0 Å². The van der Waals surface area contributed by atoms with Crippen LogP contribution in [0, 0.1) is 0 Å². The lowest BCUT2D eigenvalue weighted by Crippen LogP contribution is -2.56. The first kappa shape index (κ1) is 39.6. The molecule has 1 aliphatic rings. The number of nitrogens with zero attached hydrogens (tertiary/aromatic N) is 4. The van der Waals surface area contributed by atoms with Crippen molar-refractivity contribution in [3.05, 3.63) is 0 Å². The summed E-state index contributed by atoms with van der Waals surface area (Å²) in [7, 11) is -1.70. The van der Waals surface area contributed by atoms with Crippen LogP contribution in [0.3, 0.4) is 0 Å². The van der Waals surface area contributed by atoms with Crippen LogP contribution in [0.4, 0.5) is 0 Å². The first-order valence-electron chi connectivity index (χ1n) is 14.6. The fourth-order valence-electron chi connectivity index (χ4n) is 4.74. The van der Waals surface area contributed by atoms with Crippen molar-refractivity contribution in [1.82, 2.24) is 35.6 Å². The molecule has 0 aromatic heterocycles. The summed E-state index contributed by atoms with van der Waals surface area (Å²) in [6.07, 6.45) is 1.01. The molecular weight excluding hydrogens is 599 g/mol. The molecule has 19 nitrogen and oxygen atoms in total. The molecule has 45 heavy (non-hydrogen) atoms. The Morgan fingerprint density at radius 1 is 0.822 bits per heavy atom. The fourth-order valence-corrected chi connectivity index (χ4v) is 4.74. The molecular formula is C25H47BN8O11. The number of amides is 3. The van der Waals surface area contributed by atoms with Crippen LogP contribution in [0.5, 0.6) is 0 Å². The summed E-state index contributed by atoms with van der Waals surface area (Å²) >= 11 is 0. The van der Waals surface area contributed by atoms with E-state index in [0.29, 0.717) is 19.4 Å². The summed E-state index contributed by atoms with van der Waals surface area (Å²) in [5.74, 6) is -5.71. The monoisotopic (exact) mass is 646 g/mol. The summed E-state index contributed by atoms with van der Waals surface area (Å²) in [6, 6.07) is -2.03. The molecule has 1 heterocycles. The smallest absolute Gasteiger partial charge is 0.475 e. The molecule has 20 heteroatoms. The van der Waals surface area contributed by atoms with Gasteiger partial charge in [-0.3, -0.25) is 43.5 Å². The van der Waals surface area contributed by atoms with E-state index in [9.17, 15) is 43.9 Å². The molecule has 10 N–H and O–H groups in total. The Morgan fingerprint density at radius 2 is 1.38 bits per heavy atom. The number of likely N-dealkylation sites (tertiary alicyclic amines) is 1. The van der Waals surface area contributed by atoms with Gasteiger partial charge in [0.2, 0.25) is 17.7 Å². The zero-order valence-corrected chi connectivity index (χ0v) is 25.8. The first-order valence-corrected chi connectivity index (χ1v) is 14.6. The molecule has 0 spiro atoms. The molecule has 0 unspecified atom stereocenters. The van der Waals surface area contributed by atoms with Gasteiger partial charge >= 0.3 is 25.0 Å². The number of rotatable bonds is 23. The average Bonchev–Trinajstić information content (AvgIpc) is 3.45. The van der Waals surface area contributed by atoms with Gasteiger partial charge in [0.25, 0.3) is 0 Å². The van der Waals surface area contributed by atoms with Crippen LogP contribution in [-0.4, -0.2) is 184 Å². The number of carbonyl (C=O) groups is 6. The highest BCUT2D eigenvalue weighted by atomic mass is 16.4. The van der Waals surface area contributed by atoms with E-state index in [2.05, 4.69) is 16.0 Å². The van der Waals surface area contributed by atoms with Gasteiger partial charge in [0.1, 0.15) is 12.1 Å². The Morgan fingerprint density at radius 3 is 1.91 bits per heavy atom. The summed E-state index contributed by atoms with van der Waals surface area (Å²) in [5.41, 5.74) is 5.58. The minimum atomic E-state index is -1.70. The minimum absolute atomic E-state index is 0.0436. The topological polar surface area (TPSA) is 279 Å². The fraction of sp³-hybridized carbons (Fsp3) is 0.760. The molecule has 0 aliphatic carbocycles. The third-order valence-corrected chi connectivity index (χ3v) is 7.12. The van der Waals surface area contributed by atoms with Crippen molar-refractivity contribution in [1.29, 1.82) is 0 Å². The molecule has 0 radical (unpaired) electrons. The maximum absolute atomic E-state index is 12.9. The largest absolute Gasteiger partial charge is 0.480 e. The zero-order valence-electron chi connectivity index (χ0n) is 25.8. The Labute approximate surface area is 261 Å². The van der Waals surface area contributed by atoms with Crippen LogP contribution < -0.4 is 21.7 Å². The van der Waals surface area contributed by atoms with Crippen molar-refractivity contribution in [2.24, 2.45) is 5.73 Å². The van der Waals surface area contributed by atoms with E-state index in [1.54, 1.807) is 9.80 Å². The molecule has 256 valence electrons. The summed E-state index contributed by atoms with van der Waals surface area (Å²) in [4.78, 5) is 77.6. The van der Waals surface area contributed by atoms with E-state index in [4.69, 9.17) is 15.9 Å². The Balaban J connectivity index is 2.78. The van der Waals surface area contributed by atoms with Gasteiger partial charge in [0, 0.05) is 52.5 Å². The van der Waals surface area contributed by atoms with Crippen LogP contribution >= 0.6 is 0 Å². The highest BCUT2D eigenvalue weighted by Crippen LogP contribution is 2.19. The van der Waals surface area contributed by atoms with Crippen LogP contribution in [0.15, 0.2) is 0 Å². The number of carbonyl (C=O) groups excluding carboxylic acids is 3. The second-order valence-corrected chi connectivity index (χ2v) is 10.8. The van der Waals surface area contributed by atoms with Gasteiger partial charge in [-0.2, -0.15) is 0 Å². The van der Waals surface area contributed by atoms with Crippen molar-refractivity contribution in [3.63, 3.8) is 0 Å². The number of aliphatic carboxylic acids is 3. The molecule has 0 aromatic rings. The van der Waals surface area contributed by atoms with E-state index in [-0.39, 0.29) is 72.1 Å². The molecule has 1 saturated heterocycles. The van der Waals surface area contributed by atoms with E-state index in [1.807, 2.05) is 0 Å². The van der Waals surface area contributed by atoms with Gasteiger partial charge in [0.15, 0.2) is 0 Å². The highest BCUT2D eigenvalue weighted by Gasteiger charge is 2.38. The normalized spacial score (nSPS) is 16.1. The average molecular weight is 647 g/mol. The molecule has 3 atom stereocenters. The number of carboxylic acid groups (broad SMARTS) is 3. The summed E-state index contributed by atoms with van der Waals surface area (Å²) in [6.45, 7) is 3.05. The number of hydrogen-bond acceptors (Lipinski definition) is 13. The molecule has 0 bridgehead atoms. The molecule has 1 rings (SSSR count). The predicted octanol–water partition coefficient (Wildman–Crippen LogP) is -5.34. The van der Waals surface area contributed by atoms with Gasteiger partial charge < -0.3 is 52.0 Å². The second kappa shape index (κ2) is 20.6. The predicted molar refractivity (Wildman–Crippen MR) is 159 cm³/mol. The molecule has 0 aromatic carbocycles. The van der Waals surface area contributed by atoms with E-state index in [1.165, 1.54) is 23.6 Å². The van der Waals surface area contributed by atoms with Crippen molar-refractivity contribution in [2.75, 3.05) is 78.7 Å². The van der Waals surface area contributed by atoms with Crippen molar-refractivity contribution in [3.8, 4) is 0 Å². The first-order chi connectivity index (χ1) is 21.1. The van der Waals surface area contributed by atoms with E-state index >= 15 is 0 Å². The molecule has 0 saturated carbocycles. The van der Waals surface area contributed by atoms with Crippen molar-refractivity contribution < 1.29 is 54.1 Å². The number of hydrogen-bond donors (Lipinski definition) is 9. The van der Waals surface area contributed by atoms with Gasteiger partial charge in [-0.05, 0) is 26.7 Å². The maximum atomic E-state index is 12.9. The SMILES string of the molecule is C[C@H](NC(=O)CN(CCNCC(=O)O)CCN(CCN(CN)CC(=O)O)CC(=O)O)C(=O)N[C@H](C)C(=O)N1CCC[C@H]1B(O)O. The number of nitrogens with two attached hydrogens (primary N) is 1. The lowest BCUT2D eigenvalue weighted by Gasteiger charge is -2.29. The standard InChI is InChI=1S/C25H47BN8O11/c1-17(24(42)30-18(2)25(43)34-6-3-4-19(34)26(44)45)29-20(35)13-31(7-5-28-12-21(36)37)8-9-32(14-22(38)39)10-11-33(16-27)15-23(40)41/h17-19,28,44-45H,3-16,27H2,1-2H3,(H,29,35)(H,30,42)(H,36,37)(H,38,39)(H,40,41)/t17-,18+,19-/m0/s1. The third-order valence-electron chi connectivity index (χ3n) is 7.12. The zero-order chi connectivity index (χ0) is 34.1. The Kier molecular flexibility index (Phi) is 18.1. The maximum Gasteiger partial charge on any atom is 0.475 e. The second-order valence-electron chi connectivity index (χ2n) is 10.8. The highest BCUT2D eigenvalue weighted by molar-refractivity contribution is 6.43. The number of carboxylic acids is 3.